The largest absolute Gasteiger partial charge is 0.444 e. The topological polar surface area (TPSA) is 49.8 Å². The van der Waals surface area contributed by atoms with Crippen molar-refractivity contribution in [2.45, 2.75) is 76.9 Å². The van der Waals surface area contributed by atoms with Gasteiger partial charge in [0.25, 0.3) is 0 Å². The fraction of sp³-hybridized carbons (Fsp3) is 0.941. The summed E-state index contributed by atoms with van der Waals surface area (Å²) in [5.41, 5.74) is -0.689. The second-order valence-corrected chi connectivity index (χ2v) is 8.63. The fourth-order valence-electron chi connectivity index (χ4n) is 4.62. The van der Waals surface area contributed by atoms with Crippen LogP contribution in [0.25, 0.3) is 0 Å². The second-order valence-electron chi connectivity index (χ2n) is 8.63. The van der Waals surface area contributed by atoms with Gasteiger partial charge >= 0.3 is 6.09 Å². The molecule has 4 heteroatoms. The Balaban J connectivity index is 1.48. The van der Waals surface area contributed by atoms with Crippen molar-refractivity contribution in [1.82, 2.24) is 4.90 Å². The molecule has 1 spiro atoms. The van der Waals surface area contributed by atoms with E-state index in [1.807, 2.05) is 20.8 Å². The number of hydrogen-bond donors (Lipinski definition) is 1. The lowest BCUT2D eigenvalue weighted by Gasteiger charge is -2.64. The summed E-state index contributed by atoms with van der Waals surface area (Å²) in [7, 11) is 0. The smallest absolute Gasteiger partial charge is 0.410 e. The highest BCUT2D eigenvalue weighted by Crippen LogP contribution is 2.58. The Hall–Kier alpha value is -0.770. The van der Waals surface area contributed by atoms with Crippen LogP contribution in [0.2, 0.25) is 0 Å². The number of aliphatic hydroxyl groups is 1. The van der Waals surface area contributed by atoms with Gasteiger partial charge in [0, 0.05) is 18.5 Å². The first-order valence-corrected chi connectivity index (χ1v) is 8.42. The van der Waals surface area contributed by atoms with Gasteiger partial charge < -0.3 is 14.7 Å². The van der Waals surface area contributed by atoms with Crippen LogP contribution in [0.5, 0.6) is 0 Å². The van der Waals surface area contributed by atoms with E-state index in [1.165, 1.54) is 32.1 Å². The molecule has 3 fully saturated rings. The third-order valence-electron chi connectivity index (χ3n) is 5.43. The minimum Gasteiger partial charge on any atom is -0.444 e. The predicted molar refractivity (Wildman–Crippen MR) is 81.0 cm³/mol. The van der Waals surface area contributed by atoms with Crippen LogP contribution in [-0.2, 0) is 4.74 Å². The molecule has 2 saturated carbocycles. The summed E-state index contributed by atoms with van der Waals surface area (Å²) in [6.45, 7) is 7.21. The zero-order chi connectivity index (χ0) is 15.3. The Kier molecular flexibility index (Phi) is 3.51. The molecule has 1 aliphatic heterocycles. The first-order valence-electron chi connectivity index (χ1n) is 8.42. The molecule has 0 unspecified atom stereocenters. The molecule has 1 N–H and O–H groups in total. The molecule has 0 atom stereocenters. The Morgan fingerprint density at radius 2 is 1.71 bits per heavy atom. The summed E-state index contributed by atoms with van der Waals surface area (Å²) in [6, 6.07) is 0. The van der Waals surface area contributed by atoms with E-state index in [9.17, 15) is 9.90 Å². The molecule has 1 amide bonds. The maximum atomic E-state index is 12.0. The third kappa shape index (κ3) is 2.92. The van der Waals surface area contributed by atoms with E-state index in [2.05, 4.69) is 0 Å². The molecule has 0 aromatic carbocycles. The van der Waals surface area contributed by atoms with Crippen LogP contribution in [0.1, 0.15) is 65.7 Å². The van der Waals surface area contributed by atoms with Crippen molar-refractivity contribution in [3.63, 3.8) is 0 Å². The third-order valence-corrected chi connectivity index (χ3v) is 5.43. The van der Waals surface area contributed by atoms with Gasteiger partial charge in [-0.2, -0.15) is 0 Å². The van der Waals surface area contributed by atoms with Crippen LogP contribution in [0.3, 0.4) is 0 Å². The molecular formula is C17H29NO3. The lowest BCUT2D eigenvalue weighted by molar-refractivity contribution is -0.213. The van der Waals surface area contributed by atoms with Gasteiger partial charge in [-0.1, -0.05) is 19.3 Å². The van der Waals surface area contributed by atoms with E-state index in [0.717, 1.165) is 25.9 Å². The highest BCUT2D eigenvalue weighted by atomic mass is 16.6. The fourth-order valence-corrected chi connectivity index (χ4v) is 4.62. The van der Waals surface area contributed by atoms with Crippen LogP contribution in [0, 0.1) is 11.3 Å². The maximum Gasteiger partial charge on any atom is 0.410 e. The van der Waals surface area contributed by atoms with Gasteiger partial charge in [-0.05, 0) is 52.4 Å². The normalized spacial score (nSPS) is 27.9. The van der Waals surface area contributed by atoms with Crippen molar-refractivity contribution in [1.29, 1.82) is 0 Å². The zero-order valence-corrected chi connectivity index (χ0v) is 13.7. The molecule has 0 aromatic heterocycles. The van der Waals surface area contributed by atoms with Gasteiger partial charge in [0.1, 0.15) is 5.60 Å². The molecule has 1 heterocycles. The van der Waals surface area contributed by atoms with Crippen molar-refractivity contribution < 1.29 is 14.6 Å². The van der Waals surface area contributed by atoms with Crippen LogP contribution in [-0.4, -0.2) is 40.4 Å². The molecule has 120 valence electrons. The highest BCUT2D eigenvalue weighted by molar-refractivity contribution is 5.69. The van der Waals surface area contributed by atoms with Gasteiger partial charge in [-0.25, -0.2) is 4.79 Å². The summed E-state index contributed by atoms with van der Waals surface area (Å²) in [5, 5.41) is 10.8. The highest BCUT2D eigenvalue weighted by Gasteiger charge is 2.62. The molecule has 0 bridgehead atoms. The second kappa shape index (κ2) is 4.87. The Morgan fingerprint density at radius 3 is 2.24 bits per heavy atom. The van der Waals surface area contributed by atoms with Crippen molar-refractivity contribution in [3.05, 3.63) is 0 Å². The summed E-state index contributed by atoms with van der Waals surface area (Å²) in [6.07, 6.45) is 7.78. The van der Waals surface area contributed by atoms with Crippen molar-refractivity contribution in [3.8, 4) is 0 Å². The summed E-state index contributed by atoms with van der Waals surface area (Å²) < 4.78 is 5.40. The van der Waals surface area contributed by atoms with E-state index in [0.29, 0.717) is 5.92 Å². The van der Waals surface area contributed by atoms with Crippen LogP contribution in [0.15, 0.2) is 0 Å². The summed E-state index contributed by atoms with van der Waals surface area (Å²) in [5.74, 6) is 0.493. The molecular weight excluding hydrogens is 266 g/mol. The number of carbonyl (C=O) groups excluding carboxylic acids is 1. The van der Waals surface area contributed by atoms with Crippen LogP contribution in [0.4, 0.5) is 4.79 Å². The quantitative estimate of drug-likeness (QED) is 0.807. The molecule has 4 nitrogen and oxygen atoms in total. The van der Waals surface area contributed by atoms with E-state index in [4.69, 9.17) is 4.74 Å². The number of likely N-dealkylation sites (tertiary alicyclic amines) is 1. The Morgan fingerprint density at radius 1 is 1.14 bits per heavy atom. The van der Waals surface area contributed by atoms with Gasteiger partial charge in [-0.15, -0.1) is 0 Å². The van der Waals surface area contributed by atoms with E-state index < -0.39 is 11.2 Å². The first-order chi connectivity index (χ1) is 9.72. The van der Waals surface area contributed by atoms with E-state index in [-0.39, 0.29) is 11.5 Å². The van der Waals surface area contributed by atoms with Gasteiger partial charge in [0.2, 0.25) is 0 Å². The molecule has 0 aromatic rings. The number of nitrogens with zero attached hydrogens (tertiary/aromatic N) is 1. The minimum atomic E-state index is -0.444. The predicted octanol–water partition coefficient (Wildman–Crippen LogP) is 3.33. The summed E-state index contributed by atoms with van der Waals surface area (Å²) in [4.78, 5) is 13.8. The summed E-state index contributed by atoms with van der Waals surface area (Å²) >= 11 is 0. The standard InChI is InChI=1S/C17H29NO3/c1-15(2,3)21-14(19)18-11-16(12-18)9-17(20,10-16)13-7-5-4-6-8-13/h13,20H,4-12H2,1-3H3. The maximum absolute atomic E-state index is 12.0. The van der Waals surface area contributed by atoms with Gasteiger partial charge in [0.05, 0.1) is 5.60 Å². The Labute approximate surface area is 127 Å². The number of ether oxygens (including phenoxy) is 1. The monoisotopic (exact) mass is 295 g/mol. The van der Waals surface area contributed by atoms with Crippen molar-refractivity contribution in [2.24, 2.45) is 11.3 Å². The lowest BCUT2D eigenvalue weighted by Crippen LogP contribution is -2.70. The SMILES string of the molecule is CC(C)(C)OC(=O)N1CC2(C1)CC(O)(C1CCCCC1)C2. The number of rotatable bonds is 1. The number of hydrogen-bond acceptors (Lipinski definition) is 3. The minimum absolute atomic E-state index is 0.184. The molecule has 1 saturated heterocycles. The van der Waals surface area contributed by atoms with Gasteiger partial charge in [-0.3, -0.25) is 0 Å². The van der Waals surface area contributed by atoms with Crippen LogP contribution >= 0.6 is 0 Å². The average molecular weight is 295 g/mol. The Bertz CT molecular complexity index is 406. The number of amides is 1. The van der Waals surface area contributed by atoms with E-state index in [1.54, 1.807) is 4.90 Å². The lowest BCUT2D eigenvalue weighted by atomic mass is 9.50. The molecule has 21 heavy (non-hydrogen) atoms. The first kappa shape index (κ1) is 15.1. The molecule has 3 rings (SSSR count). The van der Waals surface area contributed by atoms with Crippen molar-refractivity contribution in [2.75, 3.05) is 13.1 Å². The molecule has 3 aliphatic rings. The zero-order valence-electron chi connectivity index (χ0n) is 13.7. The average Bonchev–Trinajstić information content (AvgIpc) is 2.30. The van der Waals surface area contributed by atoms with Gasteiger partial charge in [0.15, 0.2) is 0 Å². The van der Waals surface area contributed by atoms with Crippen molar-refractivity contribution >= 4 is 6.09 Å². The molecule has 0 radical (unpaired) electrons. The number of carbonyl (C=O) groups is 1. The van der Waals surface area contributed by atoms with E-state index >= 15 is 0 Å². The molecule has 2 aliphatic carbocycles. The van der Waals surface area contributed by atoms with Crippen LogP contribution < -0.4 is 0 Å².